The summed E-state index contributed by atoms with van der Waals surface area (Å²) in [6.07, 6.45) is -9.79. The summed E-state index contributed by atoms with van der Waals surface area (Å²) in [4.78, 5) is 119. The lowest BCUT2D eigenvalue weighted by atomic mass is 9.87. The number of primary amides is 1. The van der Waals surface area contributed by atoms with Gasteiger partial charge in [-0.05, 0) is 148 Å². The number of hydrogen-bond acceptors (Lipinski definition) is 21. The number of fused-ring (bicyclic) bond motifs is 15. The Morgan fingerprint density at radius 3 is 1.83 bits per heavy atom. The average molecular weight is 1300 g/mol. The first-order valence-corrected chi connectivity index (χ1v) is 30.4. The van der Waals surface area contributed by atoms with Crippen LogP contribution in [0.25, 0.3) is 11.1 Å². The fraction of sp³-hybridized carbons (Fsp3) is 0.424. The van der Waals surface area contributed by atoms with E-state index in [4.69, 9.17) is 24.7 Å². The molecule has 11 rings (SSSR count). The third kappa shape index (κ3) is 14.2. The lowest BCUT2D eigenvalue weighted by Gasteiger charge is -2.41. The molecule has 0 saturated carbocycles. The third-order valence-corrected chi connectivity index (χ3v) is 17.4. The number of benzene rings is 5. The largest absolute Gasteiger partial charge is 0.508 e. The van der Waals surface area contributed by atoms with E-state index < -0.39 is 169 Å². The molecule has 6 aliphatic rings. The van der Waals surface area contributed by atoms with E-state index in [0.717, 1.165) is 19.1 Å². The molecule has 0 aromatic heterocycles. The average Bonchev–Trinajstić information content (AvgIpc) is 0.765. The van der Waals surface area contributed by atoms with Crippen molar-refractivity contribution in [2.45, 2.75) is 140 Å². The summed E-state index contributed by atoms with van der Waals surface area (Å²) < 4.78 is 26.1. The number of carbonyl (C=O) groups is 8. The molecule has 11 bridgehead atoms. The summed E-state index contributed by atoms with van der Waals surface area (Å²) in [5.41, 5.74) is 4.88. The number of nitrogens with one attached hydrogen (secondary N) is 6. The fourth-order valence-electron chi connectivity index (χ4n) is 12.0. The number of Topliss-reactive ketones (excluding diaryl/α,β-unsaturated/α-hetero) is 1. The zero-order chi connectivity index (χ0) is 68.6. The molecule has 16 N–H and O–H groups in total. The number of nitrogens with zero attached hydrogens (tertiary/aromatic N) is 1. The quantitative estimate of drug-likeness (QED) is 0.0844. The van der Waals surface area contributed by atoms with Crippen molar-refractivity contribution >= 4 is 47.1 Å². The molecule has 28 heteroatoms. The minimum Gasteiger partial charge on any atom is -0.508 e. The first-order chi connectivity index (χ1) is 44.4. The highest BCUT2D eigenvalue weighted by Crippen LogP contribution is 2.49. The summed E-state index contributed by atoms with van der Waals surface area (Å²) in [5, 5.41) is 107. The molecule has 14 atom stereocenters. The van der Waals surface area contributed by atoms with E-state index in [1.54, 1.807) is 39.8 Å². The van der Waals surface area contributed by atoms with Crippen molar-refractivity contribution in [1.82, 2.24) is 36.8 Å². The number of amides is 7. The molecule has 0 radical (unpaired) electrons. The zero-order valence-electron chi connectivity index (χ0n) is 52.9. The number of likely N-dealkylation sites (N-methyl/N-ethyl adjacent to an activating group) is 1. The number of hydrogen-bond donors (Lipinski definition) is 15. The van der Waals surface area contributed by atoms with Crippen molar-refractivity contribution in [1.29, 1.82) is 0 Å². The zero-order valence-corrected chi connectivity index (χ0v) is 52.9. The minimum absolute atomic E-state index is 0.00407. The van der Waals surface area contributed by atoms with Crippen LogP contribution in [0.1, 0.15) is 115 Å². The summed E-state index contributed by atoms with van der Waals surface area (Å²) in [7, 11) is 3.29. The predicted octanol–water partition coefficient (Wildman–Crippen LogP) is 1.65. The van der Waals surface area contributed by atoms with Crippen LogP contribution < -0.4 is 51.8 Å². The van der Waals surface area contributed by atoms with Gasteiger partial charge in [0, 0.05) is 22.6 Å². The first kappa shape index (κ1) is 68.9. The number of aromatic hydroxyl groups is 3. The van der Waals surface area contributed by atoms with E-state index in [2.05, 4.69) is 31.9 Å². The van der Waals surface area contributed by atoms with Crippen molar-refractivity contribution in [2.24, 2.45) is 17.6 Å². The summed E-state index contributed by atoms with van der Waals surface area (Å²) >= 11 is 0. The number of carbonyl (C=O) groups excluding carboxylic acids is 8. The van der Waals surface area contributed by atoms with Gasteiger partial charge >= 0.3 is 0 Å². The molecule has 28 nitrogen and oxygen atoms in total. The highest BCUT2D eigenvalue weighted by Gasteiger charge is 2.45. The number of aliphatic hydroxyl groups is 5. The number of aryl methyl sites for hydroxylation is 2. The third-order valence-electron chi connectivity index (χ3n) is 17.4. The second kappa shape index (κ2) is 28.0. The number of ether oxygens (including phenoxy) is 4. The summed E-state index contributed by atoms with van der Waals surface area (Å²) in [5.74, 6) is -12.3. The maximum atomic E-state index is 15.9. The van der Waals surface area contributed by atoms with Gasteiger partial charge in [-0.3, -0.25) is 43.3 Å². The first-order valence-electron chi connectivity index (χ1n) is 30.4. The maximum Gasteiger partial charge on any atom is 0.248 e. The van der Waals surface area contributed by atoms with Gasteiger partial charge in [0.25, 0.3) is 0 Å². The smallest absolute Gasteiger partial charge is 0.248 e. The lowest BCUT2D eigenvalue weighted by Crippen LogP contribution is -2.59. The molecule has 94 heavy (non-hydrogen) atoms. The van der Waals surface area contributed by atoms with Crippen LogP contribution in [0.5, 0.6) is 46.0 Å². The van der Waals surface area contributed by atoms with E-state index in [-0.39, 0.29) is 90.3 Å². The number of aliphatic hydroxyl groups excluding tert-OH is 5. The molecule has 502 valence electrons. The van der Waals surface area contributed by atoms with Gasteiger partial charge < -0.3 is 97.4 Å². The van der Waals surface area contributed by atoms with Crippen molar-refractivity contribution in [3.8, 4) is 57.1 Å². The van der Waals surface area contributed by atoms with Crippen LogP contribution in [-0.4, -0.2) is 169 Å². The highest BCUT2D eigenvalue weighted by molar-refractivity contribution is 6.01. The molecular weight excluding hydrogens is 1220 g/mol. The molecule has 7 amide bonds. The van der Waals surface area contributed by atoms with Crippen molar-refractivity contribution in [3.63, 3.8) is 0 Å². The SMILES string of the molecule is CC(=O)C1NC(=O)C2NC(=O)C(NC(=O)C3NC(=O)C(CC(N)=O)NC(=O)C(NC(=O)C(CC(C)C)N(C)C)C(O)c4ccc(c(C)c4)Oc4cc3cc(c4OCC3OC(CO)C(O)C(O)C3C)Oc3ccc(cc3C)C2O)c2ccc(O)c(c2)-c2c1cc(O)c(C)c2O. The van der Waals surface area contributed by atoms with Gasteiger partial charge in [0.1, 0.15) is 96.0 Å². The summed E-state index contributed by atoms with van der Waals surface area (Å²) in [6.45, 7) is 9.72. The second-order valence-electron chi connectivity index (χ2n) is 24.9. The van der Waals surface area contributed by atoms with Crippen LogP contribution >= 0.6 is 0 Å². The second-order valence-corrected chi connectivity index (χ2v) is 24.9. The number of rotatable bonds is 12. The van der Waals surface area contributed by atoms with Crippen molar-refractivity contribution in [3.05, 3.63) is 117 Å². The molecule has 5 aromatic carbocycles. The number of phenols is 3. The number of ketones is 1. The molecule has 6 aliphatic heterocycles. The predicted molar refractivity (Wildman–Crippen MR) is 333 cm³/mol. The van der Waals surface area contributed by atoms with Crippen LogP contribution in [0.3, 0.4) is 0 Å². The van der Waals surface area contributed by atoms with Gasteiger partial charge in [-0.25, -0.2) is 0 Å². The fourth-order valence-corrected chi connectivity index (χ4v) is 12.0. The number of nitrogens with two attached hydrogens (primary N) is 1. The Hall–Kier alpha value is -9.42. The molecule has 1 saturated heterocycles. The standard InChI is InChI=1S/C66H78N8O20/c1-26(2)16-39(74(8)9)62(86)72-53-57(82)33-11-14-42(27(3)17-33)92-44-20-35-21-45(60(44)91-25-47-30(6)56(81)59(84)46(24-75)94-47)93-43-15-12-34(18-28(43)4)58(83)54-66(90)69-50(31(7)76)37-22-41(78)29(5)55(80)49(37)36-19-32(10-13-40(36)77)51(63(87)73-54)71-64(88)52(35)70-61(85)38(23-48(67)79)68-65(53)89/h10-15,17-22,26,30,38-39,46-47,50-54,56-59,75,77-78,80-84H,16,23-25H2,1-9H3,(H2,67,79)(H,68,89)(H,69,90)(H,70,85)(H,71,88)(H,72,86)(H,73,87). The van der Waals surface area contributed by atoms with Crippen LogP contribution in [0.15, 0.2) is 72.8 Å². The van der Waals surface area contributed by atoms with Crippen LogP contribution in [0.4, 0.5) is 0 Å². The maximum absolute atomic E-state index is 15.9. The van der Waals surface area contributed by atoms with Gasteiger partial charge in [-0.15, -0.1) is 0 Å². The van der Waals surface area contributed by atoms with Crippen molar-refractivity contribution in [2.75, 3.05) is 27.3 Å². The Balaban J connectivity index is 1.31. The molecule has 0 spiro atoms. The Kier molecular flexibility index (Phi) is 20.6. The van der Waals surface area contributed by atoms with Gasteiger partial charge in [-0.1, -0.05) is 39.0 Å². The van der Waals surface area contributed by atoms with Crippen molar-refractivity contribution < 1.29 is 98.2 Å². The summed E-state index contributed by atoms with van der Waals surface area (Å²) in [6, 6.07) is 2.65. The Labute approximate surface area is 539 Å². The van der Waals surface area contributed by atoms with Gasteiger partial charge in [-0.2, -0.15) is 0 Å². The van der Waals surface area contributed by atoms with E-state index in [9.17, 15) is 64.8 Å². The Morgan fingerprint density at radius 1 is 0.670 bits per heavy atom. The van der Waals surface area contributed by atoms with Crippen LogP contribution in [0.2, 0.25) is 0 Å². The van der Waals surface area contributed by atoms with E-state index in [0.29, 0.717) is 6.42 Å². The minimum atomic E-state index is -2.14. The van der Waals surface area contributed by atoms with Gasteiger partial charge in [0.05, 0.1) is 31.3 Å². The normalized spacial score (nSPS) is 25.9. The van der Waals surface area contributed by atoms with E-state index >= 15 is 14.4 Å². The van der Waals surface area contributed by atoms with Gasteiger partial charge in [0.2, 0.25) is 47.1 Å². The highest BCUT2D eigenvalue weighted by atomic mass is 16.6. The monoisotopic (exact) mass is 1300 g/mol. The number of phenolic OH excluding ortho intramolecular Hbond substituents is 3. The lowest BCUT2D eigenvalue weighted by molar-refractivity contribution is -0.210. The molecule has 14 unspecified atom stereocenters. The molecule has 6 heterocycles. The van der Waals surface area contributed by atoms with Crippen LogP contribution in [-0.2, 0) is 43.1 Å². The molecule has 1 fully saturated rings. The topological polar surface area (TPSA) is 437 Å². The Bertz CT molecular complexity index is 3820. The molecule has 0 aliphatic carbocycles. The van der Waals surface area contributed by atoms with E-state index in [1.807, 2.05) is 13.8 Å². The molecular formula is C66H78N8O20. The molecule has 5 aromatic rings. The Morgan fingerprint density at radius 2 is 1.26 bits per heavy atom. The van der Waals surface area contributed by atoms with Gasteiger partial charge in [0.15, 0.2) is 17.3 Å². The van der Waals surface area contributed by atoms with E-state index in [1.165, 1.54) is 67.6 Å². The van der Waals surface area contributed by atoms with Crippen LogP contribution in [0, 0.1) is 32.6 Å².